The van der Waals surface area contributed by atoms with Gasteiger partial charge >= 0.3 is 0 Å². The van der Waals surface area contributed by atoms with Crippen LogP contribution in [0.1, 0.15) is 44.9 Å². The van der Waals surface area contributed by atoms with Gasteiger partial charge in [0.05, 0.1) is 0 Å². The van der Waals surface area contributed by atoms with Crippen LogP contribution in [0.4, 0.5) is 11.6 Å². The number of aromatic nitrogens is 2. The lowest BCUT2D eigenvalue weighted by Crippen LogP contribution is -2.37. The molecule has 0 bridgehead atoms. The molecule has 0 atom stereocenters. The van der Waals surface area contributed by atoms with Crippen LogP contribution in [0.15, 0.2) is 6.07 Å². The Balaban J connectivity index is 2.25. The highest BCUT2D eigenvalue weighted by molar-refractivity contribution is 5.47. The third-order valence-corrected chi connectivity index (χ3v) is 3.25. The SMILES string of the molecule is CC(C)c1nc(N)cc(N(C)C2CCC2)n1. The molecule has 1 aromatic heterocycles. The number of nitrogens with two attached hydrogens (primary N) is 1. The third kappa shape index (κ3) is 2.10. The maximum atomic E-state index is 5.82. The van der Waals surface area contributed by atoms with E-state index in [4.69, 9.17) is 5.73 Å². The largest absolute Gasteiger partial charge is 0.384 e. The van der Waals surface area contributed by atoms with Crippen LogP contribution in [0, 0.1) is 0 Å². The van der Waals surface area contributed by atoms with Gasteiger partial charge in [0.1, 0.15) is 17.5 Å². The minimum atomic E-state index is 0.317. The molecule has 1 saturated carbocycles. The van der Waals surface area contributed by atoms with E-state index >= 15 is 0 Å². The molecule has 1 aliphatic rings. The minimum Gasteiger partial charge on any atom is -0.384 e. The number of anilines is 2. The Morgan fingerprint density at radius 3 is 2.56 bits per heavy atom. The van der Waals surface area contributed by atoms with Gasteiger partial charge in [0.15, 0.2) is 0 Å². The summed E-state index contributed by atoms with van der Waals surface area (Å²) in [5.41, 5.74) is 5.82. The molecule has 1 aliphatic carbocycles. The van der Waals surface area contributed by atoms with Crippen molar-refractivity contribution in [2.45, 2.75) is 45.1 Å². The first-order valence-electron chi connectivity index (χ1n) is 5.95. The van der Waals surface area contributed by atoms with Gasteiger partial charge in [0.25, 0.3) is 0 Å². The molecule has 1 aromatic rings. The average molecular weight is 220 g/mol. The number of hydrogen-bond donors (Lipinski definition) is 1. The number of rotatable bonds is 3. The highest BCUT2D eigenvalue weighted by atomic mass is 15.2. The van der Waals surface area contributed by atoms with Gasteiger partial charge in [-0.05, 0) is 19.3 Å². The van der Waals surface area contributed by atoms with E-state index in [9.17, 15) is 0 Å². The summed E-state index contributed by atoms with van der Waals surface area (Å²) in [5.74, 6) is 2.68. The Morgan fingerprint density at radius 2 is 2.06 bits per heavy atom. The topological polar surface area (TPSA) is 55.0 Å². The first-order chi connectivity index (χ1) is 7.58. The summed E-state index contributed by atoms with van der Waals surface area (Å²) >= 11 is 0. The van der Waals surface area contributed by atoms with Gasteiger partial charge in [0.2, 0.25) is 0 Å². The van der Waals surface area contributed by atoms with Gasteiger partial charge in [-0.2, -0.15) is 0 Å². The van der Waals surface area contributed by atoms with E-state index in [2.05, 4.69) is 35.8 Å². The molecule has 4 heteroatoms. The van der Waals surface area contributed by atoms with Crippen molar-refractivity contribution in [3.05, 3.63) is 11.9 Å². The lowest BCUT2D eigenvalue weighted by molar-refractivity contribution is 0.399. The van der Waals surface area contributed by atoms with Crippen molar-refractivity contribution >= 4 is 11.6 Å². The molecule has 0 saturated heterocycles. The summed E-state index contributed by atoms with van der Waals surface area (Å²) in [5, 5.41) is 0. The number of nitrogen functional groups attached to an aromatic ring is 1. The number of nitrogens with zero attached hydrogens (tertiary/aromatic N) is 3. The van der Waals surface area contributed by atoms with E-state index in [1.807, 2.05) is 6.07 Å². The molecule has 0 amide bonds. The number of hydrogen-bond acceptors (Lipinski definition) is 4. The quantitative estimate of drug-likeness (QED) is 0.848. The molecule has 0 spiro atoms. The molecule has 1 fully saturated rings. The molecule has 0 unspecified atom stereocenters. The third-order valence-electron chi connectivity index (χ3n) is 3.25. The van der Waals surface area contributed by atoms with Crippen LogP contribution in [0.2, 0.25) is 0 Å². The van der Waals surface area contributed by atoms with Gasteiger partial charge < -0.3 is 10.6 Å². The van der Waals surface area contributed by atoms with Crippen LogP contribution >= 0.6 is 0 Å². The van der Waals surface area contributed by atoms with Gasteiger partial charge in [-0.3, -0.25) is 0 Å². The van der Waals surface area contributed by atoms with Crippen molar-refractivity contribution in [2.24, 2.45) is 0 Å². The van der Waals surface area contributed by atoms with Crippen molar-refractivity contribution in [3.63, 3.8) is 0 Å². The van der Waals surface area contributed by atoms with Crippen molar-refractivity contribution in [1.82, 2.24) is 9.97 Å². The normalized spacial score (nSPS) is 16.2. The van der Waals surface area contributed by atoms with Crippen LogP contribution in [-0.2, 0) is 0 Å². The van der Waals surface area contributed by atoms with Crippen LogP contribution in [0.5, 0.6) is 0 Å². The molecule has 1 heterocycles. The lowest BCUT2D eigenvalue weighted by atomic mass is 9.92. The van der Waals surface area contributed by atoms with Crippen LogP contribution < -0.4 is 10.6 Å². The Labute approximate surface area is 96.9 Å². The van der Waals surface area contributed by atoms with Crippen LogP contribution in [-0.4, -0.2) is 23.1 Å². The minimum absolute atomic E-state index is 0.317. The average Bonchev–Trinajstić information content (AvgIpc) is 2.13. The first kappa shape index (κ1) is 11.2. The highest BCUT2D eigenvalue weighted by Crippen LogP contribution is 2.28. The fraction of sp³-hybridized carbons (Fsp3) is 0.667. The summed E-state index contributed by atoms with van der Waals surface area (Å²) in [6.45, 7) is 4.17. The molecule has 4 nitrogen and oxygen atoms in total. The van der Waals surface area contributed by atoms with Crippen molar-refractivity contribution in [3.8, 4) is 0 Å². The summed E-state index contributed by atoms with van der Waals surface area (Å²) in [4.78, 5) is 11.1. The maximum Gasteiger partial charge on any atom is 0.135 e. The first-order valence-corrected chi connectivity index (χ1v) is 5.95. The maximum absolute atomic E-state index is 5.82. The van der Waals surface area contributed by atoms with Gasteiger partial charge in [-0.25, -0.2) is 9.97 Å². The zero-order chi connectivity index (χ0) is 11.7. The molecular formula is C12H20N4. The molecule has 2 N–H and O–H groups in total. The molecule has 0 aliphatic heterocycles. The summed E-state index contributed by atoms with van der Waals surface area (Å²) in [6, 6.07) is 2.50. The zero-order valence-electron chi connectivity index (χ0n) is 10.3. The monoisotopic (exact) mass is 220 g/mol. The molecule has 0 radical (unpaired) electrons. The molecular weight excluding hydrogens is 200 g/mol. The zero-order valence-corrected chi connectivity index (χ0v) is 10.3. The van der Waals surface area contributed by atoms with Crippen molar-refractivity contribution < 1.29 is 0 Å². The summed E-state index contributed by atoms with van der Waals surface area (Å²) in [7, 11) is 2.09. The van der Waals surface area contributed by atoms with Crippen LogP contribution in [0.25, 0.3) is 0 Å². The van der Waals surface area contributed by atoms with E-state index in [1.165, 1.54) is 19.3 Å². The Kier molecular flexibility index (Phi) is 2.99. The summed E-state index contributed by atoms with van der Waals surface area (Å²) < 4.78 is 0. The molecule has 88 valence electrons. The standard InChI is InChI=1S/C12H20N4/c1-8(2)12-14-10(13)7-11(15-12)16(3)9-5-4-6-9/h7-9H,4-6H2,1-3H3,(H2,13,14,15). The lowest BCUT2D eigenvalue weighted by Gasteiger charge is -2.35. The fourth-order valence-electron chi connectivity index (χ4n) is 1.87. The van der Waals surface area contributed by atoms with Gasteiger partial charge in [-0.15, -0.1) is 0 Å². The van der Waals surface area contributed by atoms with Crippen molar-refractivity contribution in [2.75, 3.05) is 17.7 Å². The van der Waals surface area contributed by atoms with Crippen molar-refractivity contribution in [1.29, 1.82) is 0 Å². The van der Waals surface area contributed by atoms with E-state index in [-0.39, 0.29) is 0 Å². The second-order valence-corrected chi connectivity index (χ2v) is 4.86. The highest BCUT2D eigenvalue weighted by Gasteiger charge is 2.23. The molecule has 0 aromatic carbocycles. The Morgan fingerprint density at radius 1 is 1.38 bits per heavy atom. The van der Waals surface area contributed by atoms with Gasteiger partial charge in [-0.1, -0.05) is 13.8 Å². The predicted molar refractivity (Wildman–Crippen MR) is 66.6 cm³/mol. The van der Waals surface area contributed by atoms with E-state index in [0.29, 0.717) is 17.8 Å². The second-order valence-electron chi connectivity index (χ2n) is 4.86. The van der Waals surface area contributed by atoms with E-state index in [1.54, 1.807) is 0 Å². The Bertz CT molecular complexity index is 371. The smallest absolute Gasteiger partial charge is 0.135 e. The Hall–Kier alpha value is -1.32. The van der Waals surface area contributed by atoms with E-state index < -0.39 is 0 Å². The predicted octanol–water partition coefficient (Wildman–Crippen LogP) is 2.17. The van der Waals surface area contributed by atoms with E-state index in [0.717, 1.165) is 11.6 Å². The van der Waals surface area contributed by atoms with Crippen LogP contribution in [0.3, 0.4) is 0 Å². The fourth-order valence-corrected chi connectivity index (χ4v) is 1.87. The van der Waals surface area contributed by atoms with Gasteiger partial charge in [0, 0.05) is 25.1 Å². The second kappa shape index (κ2) is 4.28. The summed E-state index contributed by atoms with van der Waals surface area (Å²) in [6.07, 6.45) is 3.85. The molecule has 16 heavy (non-hydrogen) atoms. The molecule has 2 rings (SSSR count).